The third-order valence-corrected chi connectivity index (χ3v) is 5.00. The molecule has 3 aromatic rings. The molecule has 1 aromatic carbocycles. The maximum absolute atomic E-state index is 12.9. The molecular weight excluding hydrogens is 336 g/mol. The van der Waals surface area contributed by atoms with E-state index >= 15 is 0 Å². The maximum atomic E-state index is 12.9. The van der Waals surface area contributed by atoms with Crippen molar-refractivity contribution in [3.8, 4) is 6.07 Å². The molecule has 1 aliphatic heterocycles. The molecule has 3 heterocycles. The molecule has 0 amide bonds. The smallest absolute Gasteiger partial charge is 0.261 e. The van der Waals surface area contributed by atoms with Crippen LogP contribution in [0.25, 0.3) is 23.1 Å². The molecule has 5 heteroatoms. The van der Waals surface area contributed by atoms with Gasteiger partial charge in [-0.15, -0.1) is 0 Å². The van der Waals surface area contributed by atoms with Gasteiger partial charge in [0.05, 0.1) is 16.6 Å². The summed E-state index contributed by atoms with van der Waals surface area (Å²) >= 11 is 0. The van der Waals surface area contributed by atoms with Crippen molar-refractivity contribution in [2.75, 3.05) is 0 Å². The van der Waals surface area contributed by atoms with Crippen molar-refractivity contribution in [3.63, 3.8) is 0 Å². The molecule has 0 saturated heterocycles. The third kappa shape index (κ3) is 3.39. The van der Waals surface area contributed by atoms with Gasteiger partial charge in [0.1, 0.15) is 17.6 Å². The maximum Gasteiger partial charge on any atom is 0.261 e. The summed E-state index contributed by atoms with van der Waals surface area (Å²) in [4.78, 5) is 21.9. The number of nitriles is 1. The van der Waals surface area contributed by atoms with Crippen molar-refractivity contribution in [1.82, 2.24) is 14.5 Å². The number of nitrogens with zero attached hydrogens (tertiary/aromatic N) is 4. The van der Waals surface area contributed by atoms with E-state index in [9.17, 15) is 4.79 Å². The molecule has 0 saturated carbocycles. The number of aromatic nitrogens is 3. The lowest BCUT2D eigenvalue weighted by molar-refractivity contribution is 0.240. The monoisotopic (exact) mass is 356 g/mol. The number of aryl methyl sites for hydroxylation is 1. The lowest BCUT2D eigenvalue weighted by atomic mass is 9.85. The Bertz CT molecular complexity index is 1170. The van der Waals surface area contributed by atoms with Crippen molar-refractivity contribution >= 4 is 23.1 Å². The van der Waals surface area contributed by atoms with E-state index in [4.69, 9.17) is 10.2 Å². The first-order chi connectivity index (χ1) is 12.9. The average Bonchev–Trinajstić information content (AvgIpc) is 2.67. The zero-order valence-electron chi connectivity index (χ0n) is 15.4. The molecule has 0 aliphatic carbocycles. The van der Waals surface area contributed by atoms with Gasteiger partial charge in [-0.2, -0.15) is 5.26 Å². The second-order valence-electron chi connectivity index (χ2n) is 7.75. The van der Waals surface area contributed by atoms with Crippen LogP contribution in [0.5, 0.6) is 0 Å². The van der Waals surface area contributed by atoms with Gasteiger partial charge in [0, 0.05) is 13.0 Å². The summed E-state index contributed by atoms with van der Waals surface area (Å²) in [5.41, 5.74) is 2.95. The van der Waals surface area contributed by atoms with Crippen molar-refractivity contribution < 1.29 is 0 Å². The van der Waals surface area contributed by atoms with Gasteiger partial charge in [0.2, 0.25) is 0 Å². The Morgan fingerprint density at radius 2 is 2.04 bits per heavy atom. The van der Waals surface area contributed by atoms with E-state index in [0.29, 0.717) is 17.6 Å². The first-order valence-corrected chi connectivity index (χ1v) is 9.04. The van der Waals surface area contributed by atoms with Gasteiger partial charge in [-0.05, 0) is 47.7 Å². The van der Waals surface area contributed by atoms with Crippen molar-refractivity contribution in [2.45, 2.75) is 33.2 Å². The van der Waals surface area contributed by atoms with Gasteiger partial charge in [-0.25, -0.2) is 9.97 Å². The second-order valence-corrected chi connectivity index (χ2v) is 7.75. The number of benzene rings is 1. The molecule has 4 rings (SSSR count). The molecule has 0 unspecified atom stereocenters. The summed E-state index contributed by atoms with van der Waals surface area (Å²) in [6, 6.07) is 13.1. The van der Waals surface area contributed by atoms with Crippen LogP contribution in [-0.4, -0.2) is 14.5 Å². The van der Waals surface area contributed by atoms with Gasteiger partial charge in [-0.1, -0.05) is 32.1 Å². The molecule has 0 radical (unpaired) electrons. The SMILES string of the molecule is CC1(C)CCc2nc3cc(C=Cc4cccc(C#N)n4)ccc3c(=O)n2C1. The first-order valence-electron chi connectivity index (χ1n) is 9.04. The van der Waals surface area contributed by atoms with Crippen LogP contribution in [-0.2, 0) is 13.0 Å². The summed E-state index contributed by atoms with van der Waals surface area (Å²) in [6.45, 7) is 5.10. The highest BCUT2D eigenvalue weighted by Gasteiger charge is 2.27. The highest BCUT2D eigenvalue weighted by atomic mass is 16.1. The zero-order valence-corrected chi connectivity index (χ0v) is 15.4. The van der Waals surface area contributed by atoms with Crippen LogP contribution in [0, 0.1) is 16.7 Å². The van der Waals surface area contributed by atoms with Crippen molar-refractivity contribution in [2.24, 2.45) is 5.41 Å². The van der Waals surface area contributed by atoms with E-state index in [1.54, 1.807) is 6.07 Å². The van der Waals surface area contributed by atoms with Crippen LogP contribution < -0.4 is 5.56 Å². The number of hydrogen-bond acceptors (Lipinski definition) is 4. The predicted molar refractivity (Wildman–Crippen MR) is 106 cm³/mol. The molecule has 0 spiro atoms. The van der Waals surface area contributed by atoms with Gasteiger partial charge >= 0.3 is 0 Å². The van der Waals surface area contributed by atoms with Gasteiger partial charge in [0.25, 0.3) is 5.56 Å². The summed E-state index contributed by atoms with van der Waals surface area (Å²) in [5, 5.41) is 9.60. The fourth-order valence-electron chi connectivity index (χ4n) is 3.49. The minimum absolute atomic E-state index is 0.0432. The molecule has 134 valence electrons. The van der Waals surface area contributed by atoms with E-state index in [1.807, 2.05) is 53.1 Å². The number of fused-ring (bicyclic) bond motifs is 2. The Balaban J connectivity index is 1.72. The molecular formula is C22H20N4O. The summed E-state index contributed by atoms with van der Waals surface area (Å²) < 4.78 is 1.83. The molecule has 0 fully saturated rings. The number of rotatable bonds is 2. The highest BCUT2D eigenvalue weighted by Crippen LogP contribution is 2.29. The molecule has 2 aromatic heterocycles. The summed E-state index contributed by atoms with van der Waals surface area (Å²) in [6.07, 6.45) is 5.63. The molecule has 27 heavy (non-hydrogen) atoms. The van der Waals surface area contributed by atoms with Crippen LogP contribution in [0.15, 0.2) is 41.2 Å². The summed E-state index contributed by atoms with van der Waals surface area (Å²) in [7, 11) is 0. The normalized spacial score (nSPS) is 15.6. The van der Waals surface area contributed by atoms with Crippen LogP contribution in [0.2, 0.25) is 0 Å². The van der Waals surface area contributed by atoms with Gasteiger partial charge in [-0.3, -0.25) is 9.36 Å². The predicted octanol–water partition coefficient (Wildman–Crippen LogP) is 3.81. The number of pyridine rings is 1. The van der Waals surface area contributed by atoms with Crippen LogP contribution in [0.4, 0.5) is 0 Å². The second kappa shape index (κ2) is 6.48. The average molecular weight is 356 g/mol. The van der Waals surface area contributed by atoms with E-state index < -0.39 is 0 Å². The standard InChI is InChI=1S/C22H20N4O/c1-22(2)11-10-20-25-19-12-15(7-9-18(19)21(27)26(20)14-22)6-8-16-4-3-5-17(13-23)24-16/h3-9,12H,10-11,14H2,1-2H3. The lowest BCUT2D eigenvalue weighted by Crippen LogP contribution is -2.36. The topological polar surface area (TPSA) is 71.6 Å². The molecule has 0 N–H and O–H groups in total. The lowest BCUT2D eigenvalue weighted by Gasteiger charge is -2.31. The van der Waals surface area contributed by atoms with E-state index in [-0.39, 0.29) is 11.0 Å². The van der Waals surface area contributed by atoms with Crippen LogP contribution in [0.1, 0.15) is 43.0 Å². The Labute approximate surface area is 157 Å². The molecule has 5 nitrogen and oxygen atoms in total. The Morgan fingerprint density at radius 3 is 2.85 bits per heavy atom. The van der Waals surface area contributed by atoms with E-state index in [1.165, 1.54) is 0 Å². The van der Waals surface area contributed by atoms with E-state index in [2.05, 4.69) is 18.8 Å². The van der Waals surface area contributed by atoms with E-state index in [0.717, 1.165) is 35.4 Å². The zero-order chi connectivity index (χ0) is 19.0. The number of hydrogen-bond donors (Lipinski definition) is 0. The largest absolute Gasteiger partial charge is 0.296 e. The summed E-state index contributed by atoms with van der Waals surface area (Å²) in [5.74, 6) is 0.872. The molecule has 0 bridgehead atoms. The minimum atomic E-state index is 0.0432. The van der Waals surface area contributed by atoms with Gasteiger partial charge < -0.3 is 0 Å². The Hall–Kier alpha value is -3.26. The van der Waals surface area contributed by atoms with Crippen molar-refractivity contribution in [1.29, 1.82) is 5.26 Å². The minimum Gasteiger partial charge on any atom is -0.296 e. The quantitative estimate of drug-likeness (QED) is 0.700. The Morgan fingerprint density at radius 1 is 1.19 bits per heavy atom. The Kier molecular flexibility index (Phi) is 4.12. The fourth-order valence-corrected chi connectivity index (χ4v) is 3.49. The van der Waals surface area contributed by atoms with Gasteiger partial charge in [0.15, 0.2) is 0 Å². The fraction of sp³-hybridized carbons (Fsp3) is 0.273. The van der Waals surface area contributed by atoms with Crippen LogP contribution >= 0.6 is 0 Å². The molecule has 0 atom stereocenters. The van der Waals surface area contributed by atoms with Crippen molar-refractivity contribution in [3.05, 3.63) is 69.5 Å². The van der Waals surface area contributed by atoms with Crippen LogP contribution in [0.3, 0.4) is 0 Å². The highest BCUT2D eigenvalue weighted by molar-refractivity contribution is 5.82. The first kappa shape index (κ1) is 17.2. The third-order valence-electron chi connectivity index (χ3n) is 5.00. The molecule has 1 aliphatic rings.